The second-order valence-electron chi connectivity index (χ2n) is 7.60. The number of methoxy groups -OCH3 is 1. The van der Waals surface area contributed by atoms with Crippen molar-refractivity contribution in [3.63, 3.8) is 0 Å². The number of hydrogen-bond acceptors (Lipinski definition) is 4. The molecule has 2 aromatic heterocycles. The summed E-state index contributed by atoms with van der Waals surface area (Å²) in [4.78, 5) is 7.26. The highest BCUT2D eigenvalue weighted by Gasteiger charge is 2.25. The van der Waals surface area contributed by atoms with E-state index in [-0.39, 0.29) is 0 Å². The number of rotatable bonds is 3. The zero-order valence-electron chi connectivity index (χ0n) is 15.9. The molecule has 4 rings (SSSR count). The number of benzene rings is 1. The molecule has 0 aliphatic carbocycles. The number of ether oxygens (including phenoxy) is 1. The van der Waals surface area contributed by atoms with E-state index < -0.39 is 0 Å². The fraction of sp³-hybridized carbons (Fsp3) is 0.429. The van der Waals surface area contributed by atoms with Crippen molar-refractivity contribution in [2.75, 3.05) is 25.1 Å². The normalized spacial score (nSPS) is 20.5. The lowest BCUT2D eigenvalue weighted by Gasteiger charge is -2.36. The lowest BCUT2D eigenvalue weighted by molar-refractivity contribution is 0.354. The van der Waals surface area contributed by atoms with E-state index in [4.69, 9.17) is 14.8 Å². The highest BCUT2D eigenvalue weighted by Crippen LogP contribution is 2.34. The van der Waals surface area contributed by atoms with Gasteiger partial charge >= 0.3 is 0 Å². The van der Waals surface area contributed by atoms with Crippen LogP contribution in [0.25, 0.3) is 16.8 Å². The lowest BCUT2D eigenvalue weighted by atomic mass is 9.92. The first-order valence-corrected chi connectivity index (χ1v) is 9.30. The van der Waals surface area contributed by atoms with Crippen LogP contribution < -0.4 is 9.64 Å². The SMILES string of the molecule is COc1ccccc1-c1cnn2c(N3CC(C)CC(C)C3)cc(C)nc12. The van der Waals surface area contributed by atoms with Gasteiger partial charge in [0.1, 0.15) is 11.6 Å². The van der Waals surface area contributed by atoms with Crippen LogP contribution in [0.1, 0.15) is 26.0 Å². The van der Waals surface area contributed by atoms with Crippen molar-refractivity contribution in [1.29, 1.82) is 0 Å². The topological polar surface area (TPSA) is 42.7 Å². The van der Waals surface area contributed by atoms with Crippen LogP contribution in [-0.4, -0.2) is 34.8 Å². The Labute approximate surface area is 154 Å². The number of aryl methyl sites for hydroxylation is 1. The summed E-state index contributed by atoms with van der Waals surface area (Å²) in [5.41, 5.74) is 3.92. The van der Waals surface area contributed by atoms with Crippen molar-refractivity contribution < 1.29 is 4.74 Å². The standard InChI is InChI=1S/C21H26N4O/c1-14-9-15(2)13-24(12-14)20-10-16(3)23-21-18(11-22-25(20)21)17-7-5-6-8-19(17)26-4/h5-8,10-11,14-15H,9,12-13H2,1-4H3. The number of aromatic nitrogens is 3. The predicted molar refractivity (Wildman–Crippen MR) is 105 cm³/mol. The molecule has 0 N–H and O–H groups in total. The summed E-state index contributed by atoms with van der Waals surface area (Å²) in [7, 11) is 1.70. The van der Waals surface area contributed by atoms with Crippen molar-refractivity contribution in [2.24, 2.45) is 11.8 Å². The van der Waals surface area contributed by atoms with E-state index in [2.05, 4.69) is 37.8 Å². The number of nitrogens with zero attached hydrogens (tertiary/aromatic N) is 4. The van der Waals surface area contributed by atoms with Gasteiger partial charge in [0, 0.05) is 30.4 Å². The number of anilines is 1. The Kier molecular flexibility index (Phi) is 4.31. The molecule has 5 nitrogen and oxygen atoms in total. The van der Waals surface area contributed by atoms with Gasteiger partial charge in [0.2, 0.25) is 0 Å². The molecule has 3 heterocycles. The molecule has 1 aromatic carbocycles. The van der Waals surface area contributed by atoms with E-state index in [9.17, 15) is 0 Å². The van der Waals surface area contributed by atoms with Crippen molar-refractivity contribution in [3.05, 3.63) is 42.2 Å². The zero-order valence-corrected chi connectivity index (χ0v) is 15.9. The summed E-state index contributed by atoms with van der Waals surface area (Å²) < 4.78 is 7.53. The van der Waals surface area contributed by atoms with E-state index in [0.717, 1.165) is 47.1 Å². The van der Waals surface area contributed by atoms with Crippen molar-refractivity contribution in [3.8, 4) is 16.9 Å². The molecule has 2 unspecified atom stereocenters. The maximum Gasteiger partial charge on any atom is 0.165 e. The van der Waals surface area contributed by atoms with Crippen molar-refractivity contribution >= 4 is 11.5 Å². The minimum absolute atomic E-state index is 0.687. The monoisotopic (exact) mass is 350 g/mol. The molecule has 5 heteroatoms. The number of para-hydroxylation sites is 1. The van der Waals surface area contributed by atoms with Gasteiger partial charge in [0.15, 0.2) is 5.65 Å². The molecule has 2 atom stereocenters. The molecule has 26 heavy (non-hydrogen) atoms. The molecule has 1 fully saturated rings. The van der Waals surface area contributed by atoms with Crippen molar-refractivity contribution in [2.45, 2.75) is 27.2 Å². The maximum absolute atomic E-state index is 5.55. The largest absolute Gasteiger partial charge is 0.496 e. The zero-order chi connectivity index (χ0) is 18.3. The molecular formula is C21H26N4O. The molecule has 0 saturated carbocycles. The first-order valence-electron chi connectivity index (χ1n) is 9.30. The van der Waals surface area contributed by atoms with Crippen LogP contribution >= 0.6 is 0 Å². The second-order valence-corrected chi connectivity index (χ2v) is 7.60. The number of hydrogen-bond donors (Lipinski definition) is 0. The van der Waals surface area contributed by atoms with Crippen LogP contribution in [0.5, 0.6) is 5.75 Å². The van der Waals surface area contributed by atoms with Gasteiger partial charge in [-0.1, -0.05) is 32.0 Å². The van der Waals surface area contributed by atoms with Gasteiger partial charge < -0.3 is 9.64 Å². The summed E-state index contributed by atoms with van der Waals surface area (Å²) in [5.74, 6) is 3.34. The van der Waals surface area contributed by atoms with E-state index in [0.29, 0.717) is 11.8 Å². The Balaban J connectivity index is 1.86. The lowest BCUT2D eigenvalue weighted by Crippen LogP contribution is -2.39. The van der Waals surface area contributed by atoms with E-state index >= 15 is 0 Å². The Bertz CT molecular complexity index is 923. The molecule has 0 spiro atoms. The van der Waals surface area contributed by atoms with Crippen LogP contribution in [0.2, 0.25) is 0 Å². The number of fused-ring (bicyclic) bond motifs is 1. The van der Waals surface area contributed by atoms with E-state index in [1.165, 1.54) is 6.42 Å². The first-order chi connectivity index (χ1) is 12.6. The van der Waals surface area contributed by atoms with Crippen LogP contribution in [0, 0.1) is 18.8 Å². The second kappa shape index (κ2) is 6.63. The van der Waals surface area contributed by atoms with Gasteiger partial charge in [-0.05, 0) is 31.2 Å². The minimum atomic E-state index is 0.687. The highest BCUT2D eigenvalue weighted by atomic mass is 16.5. The predicted octanol–water partition coefficient (Wildman–Crippen LogP) is 4.20. The summed E-state index contributed by atoms with van der Waals surface area (Å²) in [6.45, 7) is 8.84. The molecule has 1 aliphatic rings. The molecule has 0 amide bonds. The van der Waals surface area contributed by atoms with Crippen LogP contribution in [0.3, 0.4) is 0 Å². The highest BCUT2D eigenvalue weighted by molar-refractivity contribution is 5.82. The van der Waals surface area contributed by atoms with E-state index in [1.54, 1.807) is 7.11 Å². The third-order valence-corrected chi connectivity index (χ3v) is 5.17. The van der Waals surface area contributed by atoms with Gasteiger partial charge in [0.25, 0.3) is 0 Å². The fourth-order valence-electron chi connectivity index (χ4n) is 4.20. The van der Waals surface area contributed by atoms with Gasteiger partial charge in [-0.25, -0.2) is 4.98 Å². The van der Waals surface area contributed by atoms with Crippen LogP contribution in [-0.2, 0) is 0 Å². The Morgan fingerprint density at radius 3 is 2.54 bits per heavy atom. The van der Waals surface area contributed by atoms with Gasteiger partial charge in [-0.15, -0.1) is 0 Å². The maximum atomic E-state index is 5.55. The third-order valence-electron chi connectivity index (χ3n) is 5.17. The van der Waals surface area contributed by atoms with Gasteiger partial charge in [-0.2, -0.15) is 9.61 Å². The summed E-state index contributed by atoms with van der Waals surface area (Å²) in [5, 5.41) is 4.69. The first kappa shape index (κ1) is 16.9. The third kappa shape index (κ3) is 2.91. The Morgan fingerprint density at radius 1 is 1.08 bits per heavy atom. The molecule has 0 radical (unpaired) electrons. The molecule has 1 saturated heterocycles. The summed E-state index contributed by atoms with van der Waals surface area (Å²) >= 11 is 0. The molecule has 3 aromatic rings. The molecule has 136 valence electrons. The Hall–Kier alpha value is -2.56. The van der Waals surface area contributed by atoms with Gasteiger partial charge in [0.05, 0.1) is 18.9 Å². The van der Waals surface area contributed by atoms with Crippen LogP contribution in [0.4, 0.5) is 5.82 Å². The molecule has 0 bridgehead atoms. The average molecular weight is 350 g/mol. The van der Waals surface area contributed by atoms with E-state index in [1.807, 2.05) is 28.9 Å². The van der Waals surface area contributed by atoms with Crippen molar-refractivity contribution in [1.82, 2.24) is 14.6 Å². The smallest absolute Gasteiger partial charge is 0.165 e. The fourth-order valence-corrected chi connectivity index (χ4v) is 4.20. The summed E-state index contributed by atoms with van der Waals surface area (Å²) in [6.07, 6.45) is 3.19. The average Bonchev–Trinajstić information content (AvgIpc) is 3.03. The molecular weight excluding hydrogens is 324 g/mol. The quantitative estimate of drug-likeness (QED) is 0.710. The summed E-state index contributed by atoms with van der Waals surface area (Å²) in [6, 6.07) is 10.2. The molecule has 1 aliphatic heterocycles. The van der Waals surface area contributed by atoms with Gasteiger partial charge in [-0.3, -0.25) is 0 Å². The van der Waals surface area contributed by atoms with Crippen LogP contribution in [0.15, 0.2) is 36.5 Å². The number of piperidine rings is 1. The minimum Gasteiger partial charge on any atom is -0.496 e. The Morgan fingerprint density at radius 2 is 1.81 bits per heavy atom.